The molecule has 0 saturated carbocycles. The molecule has 2 rings (SSSR count). The number of carbonyl (C=O) groups is 1. The maximum atomic E-state index is 13.7. The van der Waals surface area contributed by atoms with Gasteiger partial charge in [-0.25, -0.2) is 4.39 Å². The van der Waals surface area contributed by atoms with E-state index in [-0.39, 0.29) is 11.6 Å². The quantitative estimate of drug-likeness (QED) is 0.924. The lowest BCUT2D eigenvalue weighted by molar-refractivity contribution is 0.0983. The maximum absolute atomic E-state index is 13.7. The molecule has 0 aliphatic carbocycles. The Morgan fingerprint density at radius 3 is 2.72 bits per heavy atom. The van der Waals surface area contributed by atoms with E-state index in [0.29, 0.717) is 12.2 Å². The molecule has 0 aliphatic heterocycles. The van der Waals surface area contributed by atoms with E-state index in [9.17, 15) is 9.18 Å². The Labute approximate surface area is 113 Å². The van der Waals surface area contributed by atoms with Crippen LogP contribution in [-0.4, -0.2) is 17.4 Å². The van der Waals surface area contributed by atoms with Gasteiger partial charge in [0.05, 0.1) is 5.69 Å². The third-order valence-corrected chi connectivity index (χ3v) is 3.04. The van der Waals surface area contributed by atoms with Crippen LogP contribution < -0.4 is 4.90 Å². The number of H-pyrrole nitrogens is 1. The van der Waals surface area contributed by atoms with Gasteiger partial charge < -0.3 is 9.88 Å². The monoisotopic (exact) mass is 310 g/mol. The molecule has 18 heavy (non-hydrogen) atoms. The molecule has 94 valence electrons. The van der Waals surface area contributed by atoms with Gasteiger partial charge in [0.2, 0.25) is 0 Å². The number of anilines is 1. The number of para-hydroxylation sites is 1. The zero-order valence-corrected chi connectivity index (χ0v) is 11.4. The number of hydrogen-bond donors (Lipinski definition) is 1. The van der Waals surface area contributed by atoms with Gasteiger partial charge in [-0.05, 0) is 41.1 Å². The lowest BCUT2D eigenvalue weighted by Gasteiger charge is -2.20. The molecule has 1 aromatic heterocycles. The normalized spacial score (nSPS) is 10.4. The average Bonchev–Trinajstić information content (AvgIpc) is 2.79. The molecule has 3 nitrogen and oxygen atoms in total. The van der Waals surface area contributed by atoms with Crippen molar-refractivity contribution in [3.8, 4) is 0 Å². The van der Waals surface area contributed by atoms with E-state index >= 15 is 0 Å². The van der Waals surface area contributed by atoms with Crippen LogP contribution in [0.5, 0.6) is 0 Å². The minimum atomic E-state index is -0.404. The minimum absolute atomic E-state index is 0.256. The van der Waals surface area contributed by atoms with Crippen LogP contribution in [0.4, 0.5) is 10.1 Å². The Balaban J connectivity index is 2.35. The van der Waals surface area contributed by atoms with Gasteiger partial charge in [0, 0.05) is 17.2 Å². The lowest BCUT2D eigenvalue weighted by Crippen LogP contribution is -2.31. The van der Waals surface area contributed by atoms with E-state index in [1.165, 1.54) is 11.0 Å². The van der Waals surface area contributed by atoms with Crippen LogP contribution in [0.25, 0.3) is 0 Å². The molecule has 5 heteroatoms. The van der Waals surface area contributed by atoms with Crippen molar-refractivity contribution in [3.63, 3.8) is 0 Å². The fraction of sp³-hybridized carbons (Fsp3) is 0.154. The lowest BCUT2D eigenvalue weighted by atomic mass is 10.2. The van der Waals surface area contributed by atoms with Gasteiger partial charge in [-0.15, -0.1) is 0 Å². The van der Waals surface area contributed by atoms with Crippen LogP contribution >= 0.6 is 15.9 Å². The number of aromatic amines is 1. The Morgan fingerprint density at radius 1 is 1.44 bits per heavy atom. The summed E-state index contributed by atoms with van der Waals surface area (Å²) >= 11 is 3.27. The van der Waals surface area contributed by atoms with Crippen molar-refractivity contribution < 1.29 is 9.18 Å². The largest absolute Gasteiger partial charge is 0.356 e. The molecule has 0 fully saturated rings. The fourth-order valence-electron chi connectivity index (χ4n) is 1.73. The molecule has 1 aromatic carbocycles. The summed E-state index contributed by atoms with van der Waals surface area (Å²) in [5.41, 5.74) is 0.711. The molecule has 1 heterocycles. The molecular formula is C13H12BrFN2O. The maximum Gasteiger partial charge on any atom is 0.274 e. The topological polar surface area (TPSA) is 36.1 Å². The van der Waals surface area contributed by atoms with Crippen molar-refractivity contribution in [3.05, 3.63) is 52.5 Å². The second kappa shape index (κ2) is 5.35. The molecule has 0 bridgehead atoms. The van der Waals surface area contributed by atoms with Gasteiger partial charge in [-0.3, -0.25) is 4.79 Å². The summed E-state index contributed by atoms with van der Waals surface area (Å²) in [5.74, 6) is -0.661. The third kappa shape index (κ3) is 2.46. The number of amides is 1. The van der Waals surface area contributed by atoms with Crippen molar-refractivity contribution in [2.75, 3.05) is 11.4 Å². The summed E-state index contributed by atoms with van der Waals surface area (Å²) in [6.45, 7) is 2.21. The Morgan fingerprint density at radius 2 is 2.17 bits per heavy atom. The molecule has 0 unspecified atom stereocenters. The van der Waals surface area contributed by atoms with E-state index in [1.807, 2.05) is 6.92 Å². The van der Waals surface area contributed by atoms with Crippen molar-refractivity contribution in [2.24, 2.45) is 0 Å². The summed E-state index contributed by atoms with van der Waals surface area (Å²) < 4.78 is 14.5. The molecule has 2 aromatic rings. The van der Waals surface area contributed by atoms with Gasteiger partial charge >= 0.3 is 0 Å². The van der Waals surface area contributed by atoms with E-state index < -0.39 is 5.82 Å². The highest BCUT2D eigenvalue weighted by Crippen LogP contribution is 2.21. The van der Waals surface area contributed by atoms with E-state index in [2.05, 4.69) is 20.9 Å². The first-order valence-electron chi connectivity index (χ1n) is 5.53. The zero-order valence-electron chi connectivity index (χ0n) is 9.78. The molecule has 0 aliphatic rings. The number of benzene rings is 1. The summed E-state index contributed by atoms with van der Waals surface area (Å²) in [6.07, 6.45) is 1.67. The number of hydrogen-bond acceptors (Lipinski definition) is 1. The van der Waals surface area contributed by atoms with Crippen molar-refractivity contribution in [2.45, 2.75) is 6.92 Å². The summed E-state index contributed by atoms with van der Waals surface area (Å²) in [6, 6.07) is 7.91. The summed E-state index contributed by atoms with van der Waals surface area (Å²) in [7, 11) is 0. The third-order valence-electron chi connectivity index (χ3n) is 2.58. The molecule has 0 saturated heterocycles. The number of rotatable bonds is 3. The van der Waals surface area contributed by atoms with Crippen LogP contribution in [-0.2, 0) is 0 Å². The van der Waals surface area contributed by atoms with Crippen LogP contribution in [0.1, 0.15) is 17.4 Å². The van der Waals surface area contributed by atoms with Crippen molar-refractivity contribution in [1.29, 1.82) is 0 Å². The van der Waals surface area contributed by atoms with Gasteiger partial charge in [-0.1, -0.05) is 12.1 Å². The minimum Gasteiger partial charge on any atom is -0.356 e. The molecule has 0 spiro atoms. The molecule has 1 amide bonds. The first-order chi connectivity index (χ1) is 8.63. The van der Waals surface area contributed by atoms with Gasteiger partial charge in [0.25, 0.3) is 5.91 Å². The first-order valence-corrected chi connectivity index (χ1v) is 6.33. The standard InChI is InChI=1S/C13H12BrFN2O/c1-2-17(12-6-4-3-5-10(12)15)13(18)11-7-9(14)8-16-11/h3-8,16H,2H2,1H3. The highest BCUT2D eigenvalue weighted by molar-refractivity contribution is 9.10. The van der Waals surface area contributed by atoms with Gasteiger partial charge in [-0.2, -0.15) is 0 Å². The van der Waals surface area contributed by atoms with Gasteiger partial charge in [0.1, 0.15) is 11.5 Å². The highest BCUT2D eigenvalue weighted by Gasteiger charge is 2.19. The zero-order chi connectivity index (χ0) is 13.1. The van der Waals surface area contributed by atoms with Gasteiger partial charge in [0.15, 0.2) is 0 Å². The molecule has 0 atom stereocenters. The van der Waals surface area contributed by atoms with E-state index in [4.69, 9.17) is 0 Å². The predicted octanol–water partition coefficient (Wildman–Crippen LogP) is 3.58. The number of carbonyl (C=O) groups excluding carboxylic acids is 1. The second-order valence-corrected chi connectivity index (χ2v) is 4.65. The van der Waals surface area contributed by atoms with Crippen LogP contribution in [0, 0.1) is 5.82 Å². The van der Waals surface area contributed by atoms with E-state index in [1.54, 1.807) is 30.5 Å². The molecule has 1 N–H and O–H groups in total. The Hall–Kier alpha value is -1.62. The van der Waals surface area contributed by atoms with Crippen molar-refractivity contribution in [1.82, 2.24) is 4.98 Å². The van der Waals surface area contributed by atoms with Crippen LogP contribution in [0.3, 0.4) is 0 Å². The second-order valence-electron chi connectivity index (χ2n) is 3.73. The SMILES string of the molecule is CCN(C(=O)c1cc(Br)c[nH]1)c1ccccc1F. The number of halogens is 2. The highest BCUT2D eigenvalue weighted by atomic mass is 79.9. The predicted molar refractivity (Wildman–Crippen MR) is 72.2 cm³/mol. The number of nitrogens with zero attached hydrogens (tertiary/aromatic N) is 1. The molecular weight excluding hydrogens is 299 g/mol. The first kappa shape index (κ1) is 12.8. The summed E-state index contributed by atoms with van der Waals surface area (Å²) in [4.78, 5) is 16.5. The fourth-order valence-corrected chi connectivity index (χ4v) is 2.07. The average molecular weight is 311 g/mol. The number of aromatic nitrogens is 1. The van der Waals surface area contributed by atoms with E-state index in [0.717, 1.165) is 4.47 Å². The van der Waals surface area contributed by atoms with Crippen LogP contribution in [0.15, 0.2) is 41.0 Å². The molecule has 0 radical (unpaired) electrons. The van der Waals surface area contributed by atoms with Crippen LogP contribution in [0.2, 0.25) is 0 Å². The Bertz CT molecular complexity index is 568. The van der Waals surface area contributed by atoms with Crippen molar-refractivity contribution >= 4 is 27.5 Å². The smallest absolute Gasteiger partial charge is 0.274 e. The Kier molecular flexibility index (Phi) is 3.81. The number of nitrogens with one attached hydrogen (secondary N) is 1. The summed E-state index contributed by atoms with van der Waals surface area (Å²) in [5, 5.41) is 0.